The van der Waals surface area contributed by atoms with Gasteiger partial charge in [0.1, 0.15) is 18.4 Å². The average Bonchev–Trinajstić information content (AvgIpc) is 2.93. The number of rotatable bonds is 12. The molecule has 0 spiro atoms. The normalized spacial score (nSPS) is 12.8. The van der Waals surface area contributed by atoms with E-state index in [-0.39, 0.29) is 23.4 Å². The molecule has 0 fully saturated rings. The molecule has 2 unspecified atom stereocenters. The third kappa shape index (κ3) is 7.66. The molecule has 9 heteroatoms. The molecule has 208 valence electrons. The van der Waals surface area contributed by atoms with Crippen LogP contribution in [0.2, 0.25) is 0 Å². The molecule has 0 aliphatic carbocycles. The van der Waals surface area contributed by atoms with Crippen molar-refractivity contribution in [2.45, 2.75) is 64.1 Å². The number of nitrogens with one attached hydrogen (secondary N) is 1. The number of nitrogens with zero attached hydrogens (tertiary/aromatic N) is 2. The maximum absolute atomic E-state index is 14.0. The van der Waals surface area contributed by atoms with Gasteiger partial charge in [0.2, 0.25) is 11.8 Å². The van der Waals surface area contributed by atoms with Gasteiger partial charge in [0.15, 0.2) is 0 Å². The van der Waals surface area contributed by atoms with Crippen molar-refractivity contribution in [3.63, 3.8) is 0 Å². The van der Waals surface area contributed by atoms with Gasteiger partial charge in [-0.1, -0.05) is 61.9 Å². The van der Waals surface area contributed by atoms with Gasteiger partial charge in [0.25, 0.3) is 10.0 Å². The largest absolute Gasteiger partial charge is 0.352 e. The predicted octanol–water partition coefficient (Wildman–Crippen LogP) is 5.05. The highest BCUT2D eigenvalue weighted by molar-refractivity contribution is 7.92. The van der Waals surface area contributed by atoms with Crippen molar-refractivity contribution < 1.29 is 22.4 Å². The molecule has 39 heavy (non-hydrogen) atoms. The molecule has 0 heterocycles. The van der Waals surface area contributed by atoms with Crippen molar-refractivity contribution in [2.24, 2.45) is 0 Å². The maximum atomic E-state index is 14.0. The zero-order valence-corrected chi connectivity index (χ0v) is 23.6. The summed E-state index contributed by atoms with van der Waals surface area (Å²) in [7, 11) is -4.11. The monoisotopic (exact) mass is 553 g/mol. The second-order valence-corrected chi connectivity index (χ2v) is 11.4. The van der Waals surface area contributed by atoms with Crippen molar-refractivity contribution in [3.05, 3.63) is 95.8 Å². The van der Waals surface area contributed by atoms with Crippen LogP contribution in [0.3, 0.4) is 0 Å². The first-order valence-corrected chi connectivity index (χ1v) is 14.5. The lowest BCUT2D eigenvalue weighted by Gasteiger charge is -2.33. The Kier molecular flexibility index (Phi) is 10.2. The molecule has 1 N–H and O–H groups in total. The Labute approximate surface area is 230 Å². The molecule has 0 saturated carbocycles. The summed E-state index contributed by atoms with van der Waals surface area (Å²) in [5.74, 6) is -1.29. The SMILES string of the molecule is CCC(C)NC(=O)C(CC)N(Cc1ccc(F)cc1)C(=O)CN(c1ccc(C)cc1)S(=O)(=O)c1ccccc1. The molecule has 2 amide bonds. The third-order valence-electron chi connectivity index (χ3n) is 6.59. The van der Waals surface area contributed by atoms with Gasteiger partial charge < -0.3 is 10.2 Å². The maximum Gasteiger partial charge on any atom is 0.264 e. The molecule has 3 rings (SSSR count). The Morgan fingerprint density at radius 1 is 0.897 bits per heavy atom. The molecule has 0 aliphatic heterocycles. The summed E-state index contributed by atoms with van der Waals surface area (Å²) in [6, 6.07) is 19.5. The molecule has 7 nitrogen and oxygen atoms in total. The van der Waals surface area contributed by atoms with E-state index >= 15 is 0 Å². The van der Waals surface area contributed by atoms with E-state index < -0.39 is 34.3 Å². The van der Waals surface area contributed by atoms with Crippen LogP contribution in [0.5, 0.6) is 0 Å². The van der Waals surface area contributed by atoms with Gasteiger partial charge in [-0.25, -0.2) is 12.8 Å². The number of halogens is 1. The lowest BCUT2D eigenvalue weighted by Crippen LogP contribution is -2.53. The number of hydrogen-bond donors (Lipinski definition) is 1. The summed E-state index contributed by atoms with van der Waals surface area (Å²) in [6.45, 7) is 7.00. The fourth-order valence-corrected chi connectivity index (χ4v) is 5.54. The standard InChI is InChI=1S/C30H36FN3O4S/c1-5-23(4)32-30(36)28(6-2)33(20-24-14-16-25(31)17-15-24)29(35)21-34(26-18-12-22(3)13-19-26)39(37,38)27-10-8-7-9-11-27/h7-19,23,28H,5-6,20-21H2,1-4H3,(H,32,36). The number of hydrogen-bond acceptors (Lipinski definition) is 4. The van der Waals surface area contributed by atoms with Crippen LogP contribution < -0.4 is 9.62 Å². The zero-order chi connectivity index (χ0) is 28.6. The van der Waals surface area contributed by atoms with Crippen LogP contribution in [-0.4, -0.2) is 43.8 Å². The smallest absolute Gasteiger partial charge is 0.264 e. The topological polar surface area (TPSA) is 86.8 Å². The number of carbonyl (C=O) groups excluding carboxylic acids is 2. The second-order valence-electron chi connectivity index (χ2n) is 9.55. The molecule has 0 saturated heterocycles. The van der Waals surface area contributed by atoms with E-state index in [9.17, 15) is 22.4 Å². The highest BCUT2D eigenvalue weighted by Crippen LogP contribution is 2.25. The Balaban J connectivity index is 2.03. The van der Waals surface area contributed by atoms with E-state index in [0.29, 0.717) is 24.1 Å². The lowest BCUT2D eigenvalue weighted by atomic mass is 10.1. The van der Waals surface area contributed by atoms with Gasteiger partial charge in [-0.15, -0.1) is 0 Å². The molecule has 3 aromatic carbocycles. The Bertz CT molecular complexity index is 1350. The highest BCUT2D eigenvalue weighted by atomic mass is 32.2. The molecule has 0 aliphatic rings. The van der Waals surface area contributed by atoms with Gasteiger partial charge in [-0.2, -0.15) is 0 Å². The molecular weight excluding hydrogens is 517 g/mol. The van der Waals surface area contributed by atoms with E-state index in [1.807, 2.05) is 20.8 Å². The van der Waals surface area contributed by atoms with E-state index in [2.05, 4.69) is 5.32 Å². The third-order valence-corrected chi connectivity index (χ3v) is 8.37. The molecule has 0 bridgehead atoms. The highest BCUT2D eigenvalue weighted by Gasteiger charge is 2.33. The average molecular weight is 554 g/mol. The van der Waals surface area contributed by atoms with Gasteiger partial charge in [-0.3, -0.25) is 13.9 Å². The molecular formula is C30H36FN3O4S. The Morgan fingerprint density at radius 2 is 1.51 bits per heavy atom. The van der Waals surface area contributed by atoms with E-state index in [1.165, 1.54) is 29.2 Å². The Hall–Kier alpha value is -3.72. The fourth-order valence-electron chi connectivity index (χ4n) is 4.11. The van der Waals surface area contributed by atoms with Crippen LogP contribution in [0.1, 0.15) is 44.7 Å². The molecule has 0 radical (unpaired) electrons. The van der Waals surface area contributed by atoms with Gasteiger partial charge >= 0.3 is 0 Å². The second kappa shape index (κ2) is 13.4. The predicted molar refractivity (Wildman–Crippen MR) is 151 cm³/mol. The molecule has 0 aromatic heterocycles. The van der Waals surface area contributed by atoms with Crippen LogP contribution in [0, 0.1) is 12.7 Å². The van der Waals surface area contributed by atoms with Crippen molar-refractivity contribution in [1.29, 1.82) is 0 Å². The van der Waals surface area contributed by atoms with Gasteiger partial charge in [0, 0.05) is 12.6 Å². The quantitative estimate of drug-likeness (QED) is 0.340. The number of benzene rings is 3. The van der Waals surface area contributed by atoms with Gasteiger partial charge in [0.05, 0.1) is 10.6 Å². The summed E-state index contributed by atoms with van der Waals surface area (Å²) in [4.78, 5) is 28.6. The summed E-state index contributed by atoms with van der Waals surface area (Å²) in [5, 5.41) is 2.93. The van der Waals surface area contributed by atoms with Crippen LogP contribution in [0.25, 0.3) is 0 Å². The van der Waals surface area contributed by atoms with E-state index in [0.717, 1.165) is 9.87 Å². The number of amides is 2. The lowest BCUT2D eigenvalue weighted by molar-refractivity contribution is -0.140. The van der Waals surface area contributed by atoms with Crippen LogP contribution in [0.4, 0.5) is 10.1 Å². The minimum Gasteiger partial charge on any atom is -0.352 e. The number of aryl methyl sites for hydroxylation is 1. The van der Waals surface area contributed by atoms with Crippen LogP contribution >= 0.6 is 0 Å². The first kappa shape index (κ1) is 29.8. The molecule has 3 aromatic rings. The molecule has 2 atom stereocenters. The number of anilines is 1. The van der Waals surface area contributed by atoms with Crippen molar-refractivity contribution in [2.75, 3.05) is 10.8 Å². The first-order chi connectivity index (χ1) is 18.6. The first-order valence-electron chi connectivity index (χ1n) is 13.1. The minimum atomic E-state index is -4.11. The summed E-state index contributed by atoms with van der Waals surface area (Å²) >= 11 is 0. The summed E-state index contributed by atoms with van der Waals surface area (Å²) in [6.07, 6.45) is 1.02. The van der Waals surface area contributed by atoms with E-state index in [1.54, 1.807) is 61.5 Å². The fraction of sp³-hybridized carbons (Fsp3) is 0.333. The zero-order valence-electron chi connectivity index (χ0n) is 22.8. The van der Waals surface area contributed by atoms with Crippen molar-refractivity contribution in [1.82, 2.24) is 10.2 Å². The Morgan fingerprint density at radius 3 is 2.08 bits per heavy atom. The van der Waals surface area contributed by atoms with E-state index in [4.69, 9.17) is 0 Å². The van der Waals surface area contributed by atoms with Crippen molar-refractivity contribution in [3.8, 4) is 0 Å². The summed E-state index contributed by atoms with van der Waals surface area (Å²) in [5.41, 5.74) is 1.89. The van der Waals surface area contributed by atoms with Crippen LogP contribution in [-0.2, 0) is 26.2 Å². The van der Waals surface area contributed by atoms with Crippen molar-refractivity contribution >= 4 is 27.5 Å². The van der Waals surface area contributed by atoms with Gasteiger partial charge in [-0.05, 0) is 68.7 Å². The number of carbonyl (C=O) groups is 2. The van der Waals surface area contributed by atoms with Crippen LogP contribution in [0.15, 0.2) is 83.8 Å². The summed E-state index contributed by atoms with van der Waals surface area (Å²) < 4.78 is 42.2. The minimum absolute atomic E-state index is 0.0126. The number of sulfonamides is 1.